The van der Waals surface area contributed by atoms with E-state index < -0.39 is 0 Å². The molecule has 0 N–H and O–H groups in total. The van der Waals surface area contributed by atoms with Crippen molar-refractivity contribution in [2.45, 2.75) is 12.5 Å². The molecule has 0 unspecified atom stereocenters. The molecule has 128 valence electrons. The van der Waals surface area contributed by atoms with Crippen LogP contribution in [0.2, 0.25) is 5.02 Å². The molecule has 1 amide bonds. The molecule has 0 saturated heterocycles. The zero-order valence-corrected chi connectivity index (χ0v) is 14.8. The first-order valence-corrected chi connectivity index (χ1v) is 8.87. The van der Waals surface area contributed by atoms with Crippen molar-refractivity contribution in [1.82, 2.24) is 5.01 Å². The first kappa shape index (κ1) is 16.6. The van der Waals surface area contributed by atoms with Crippen molar-refractivity contribution in [3.63, 3.8) is 0 Å². The molecule has 0 saturated carbocycles. The Morgan fingerprint density at radius 1 is 0.885 bits per heavy atom. The van der Waals surface area contributed by atoms with Crippen LogP contribution in [0.5, 0.6) is 0 Å². The van der Waals surface area contributed by atoms with Crippen LogP contribution in [-0.2, 0) is 0 Å². The van der Waals surface area contributed by atoms with Crippen molar-refractivity contribution < 1.29 is 4.79 Å². The number of benzene rings is 3. The van der Waals surface area contributed by atoms with Crippen molar-refractivity contribution >= 4 is 23.2 Å². The Kier molecular flexibility index (Phi) is 4.55. The van der Waals surface area contributed by atoms with Gasteiger partial charge in [0.2, 0.25) is 0 Å². The van der Waals surface area contributed by atoms with Crippen LogP contribution >= 0.6 is 11.6 Å². The second kappa shape index (κ2) is 7.14. The van der Waals surface area contributed by atoms with E-state index in [1.165, 1.54) is 0 Å². The average molecular weight is 361 g/mol. The van der Waals surface area contributed by atoms with Gasteiger partial charge >= 0.3 is 0 Å². The zero-order chi connectivity index (χ0) is 17.9. The molecule has 1 atom stereocenters. The largest absolute Gasteiger partial charge is 0.274 e. The summed E-state index contributed by atoms with van der Waals surface area (Å²) < 4.78 is 0. The molecule has 3 aromatic rings. The molecule has 0 fully saturated rings. The van der Waals surface area contributed by atoms with Gasteiger partial charge in [-0.2, -0.15) is 5.10 Å². The highest BCUT2D eigenvalue weighted by atomic mass is 35.5. The Hall–Kier alpha value is -2.91. The minimum Gasteiger partial charge on any atom is -0.267 e. The fourth-order valence-corrected chi connectivity index (χ4v) is 3.29. The number of hydrazone groups is 1. The number of halogens is 1. The van der Waals surface area contributed by atoms with E-state index in [-0.39, 0.29) is 11.9 Å². The molecule has 0 aromatic heterocycles. The highest BCUT2D eigenvalue weighted by molar-refractivity contribution is 6.30. The molecular formula is C22H17ClN2O. The van der Waals surface area contributed by atoms with Gasteiger partial charge in [0, 0.05) is 17.0 Å². The zero-order valence-electron chi connectivity index (χ0n) is 14.0. The van der Waals surface area contributed by atoms with Crippen molar-refractivity contribution in [3.8, 4) is 0 Å². The number of carbonyl (C=O) groups is 1. The van der Waals surface area contributed by atoms with E-state index in [0.717, 1.165) is 16.8 Å². The maximum Gasteiger partial charge on any atom is 0.274 e. The molecule has 1 aliphatic rings. The lowest BCUT2D eigenvalue weighted by Gasteiger charge is -2.22. The van der Waals surface area contributed by atoms with Crippen molar-refractivity contribution in [1.29, 1.82) is 0 Å². The van der Waals surface area contributed by atoms with Gasteiger partial charge in [0.05, 0.1) is 11.8 Å². The van der Waals surface area contributed by atoms with Crippen LogP contribution in [0.1, 0.15) is 33.9 Å². The standard InChI is InChI=1S/C22H17ClN2O/c23-19-13-11-17(12-14-19)21-15-20(16-7-3-1-4-8-16)24-25(21)22(26)18-9-5-2-6-10-18/h1-14,21H,15H2/t21-/m0/s1. The summed E-state index contributed by atoms with van der Waals surface area (Å²) in [5.41, 5.74) is 3.60. The van der Waals surface area contributed by atoms with Gasteiger partial charge < -0.3 is 0 Å². The highest BCUT2D eigenvalue weighted by Gasteiger charge is 2.33. The van der Waals surface area contributed by atoms with E-state index in [9.17, 15) is 4.79 Å². The Morgan fingerprint density at radius 3 is 2.15 bits per heavy atom. The summed E-state index contributed by atoms with van der Waals surface area (Å²) in [6.07, 6.45) is 0.671. The summed E-state index contributed by atoms with van der Waals surface area (Å²) in [6, 6.07) is 26.7. The summed E-state index contributed by atoms with van der Waals surface area (Å²) in [5.74, 6) is -0.100. The number of carbonyl (C=O) groups excluding carboxylic acids is 1. The Morgan fingerprint density at radius 2 is 1.50 bits per heavy atom. The number of amides is 1. The minimum absolute atomic E-state index is 0.100. The molecule has 3 nitrogen and oxygen atoms in total. The topological polar surface area (TPSA) is 32.7 Å². The number of hydrogen-bond acceptors (Lipinski definition) is 2. The smallest absolute Gasteiger partial charge is 0.267 e. The van der Waals surface area contributed by atoms with Gasteiger partial charge in [-0.1, -0.05) is 72.3 Å². The SMILES string of the molecule is O=C(c1ccccc1)N1N=C(c2ccccc2)C[C@H]1c1ccc(Cl)cc1. The van der Waals surface area contributed by atoms with E-state index in [1.54, 1.807) is 5.01 Å². The van der Waals surface area contributed by atoms with Crippen LogP contribution in [-0.4, -0.2) is 16.6 Å². The molecule has 0 bridgehead atoms. The Balaban J connectivity index is 1.73. The number of rotatable bonds is 3. The third-order valence-electron chi connectivity index (χ3n) is 4.50. The average Bonchev–Trinajstić information content (AvgIpc) is 3.15. The third-order valence-corrected chi connectivity index (χ3v) is 4.75. The normalized spacial score (nSPS) is 16.4. The summed E-state index contributed by atoms with van der Waals surface area (Å²) in [5, 5.41) is 6.96. The molecule has 3 aromatic carbocycles. The lowest BCUT2D eigenvalue weighted by Crippen LogP contribution is -2.27. The molecule has 26 heavy (non-hydrogen) atoms. The van der Waals surface area contributed by atoms with Gasteiger partial charge in [-0.15, -0.1) is 0 Å². The fraction of sp³-hybridized carbons (Fsp3) is 0.0909. The Labute approximate surface area is 157 Å². The van der Waals surface area contributed by atoms with Gasteiger partial charge in [-0.3, -0.25) is 4.79 Å². The van der Waals surface area contributed by atoms with Gasteiger partial charge in [-0.25, -0.2) is 5.01 Å². The van der Waals surface area contributed by atoms with E-state index in [1.807, 2.05) is 84.9 Å². The summed E-state index contributed by atoms with van der Waals surface area (Å²) in [7, 11) is 0. The first-order valence-electron chi connectivity index (χ1n) is 8.49. The maximum atomic E-state index is 13.1. The molecule has 1 heterocycles. The lowest BCUT2D eigenvalue weighted by atomic mass is 9.98. The predicted molar refractivity (Wildman–Crippen MR) is 104 cm³/mol. The van der Waals surface area contributed by atoms with E-state index in [2.05, 4.69) is 5.10 Å². The molecule has 0 aliphatic carbocycles. The summed E-state index contributed by atoms with van der Waals surface area (Å²) >= 11 is 6.03. The van der Waals surface area contributed by atoms with Crippen LogP contribution in [0.15, 0.2) is 90.0 Å². The molecular weight excluding hydrogens is 344 g/mol. The molecule has 4 heteroatoms. The quantitative estimate of drug-likeness (QED) is 0.621. The van der Waals surface area contributed by atoms with E-state index >= 15 is 0 Å². The van der Waals surface area contributed by atoms with Crippen LogP contribution in [0.4, 0.5) is 0 Å². The third kappa shape index (κ3) is 3.26. The van der Waals surface area contributed by atoms with Crippen LogP contribution in [0.3, 0.4) is 0 Å². The van der Waals surface area contributed by atoms with Gasteiger partial charge in [-0.05, 0) is 35.4 Å². The minimum atomic E-state index is -0.143. The molecule has 4 rings (SSSR count). The van der Waals surface area contributed by atoms with Crippen LogP contribution in [0, 0.1) is 0 Å². The van der Waals surface area contributed by atoms with E-state index in [4.69, 9.17) is 11.6 Å². The van der Waals surface area contributed by atoms with E-state index in [0.29, 0.717) is 17.0 Å². The van der Waals surface area contributed by atoms with Crippen molar-refractivity contribution in [2.24, 2.45) is 5.10 Å². The molecule has 0 radical (unpaired) electrons. The van der Waals surface area contributed by atoms with Crippen molar-refractivity contribution in [2.75, 3.05) is 0 Å². The summed E-state index contributed by atoms with van der Waals surface area (Å²) in [4.78, 5) is 13.1. The maximum absolute atomic E-state index is 13.1. The number of nitrogens with zero attached hydrogens (tertiary/aromatic N) is 2. The fourth-order valence-electron chi connectivity index (χ4n) is 3.16. The highest BCUT2D eigenvalue weighted by Crippen LogP contribution is 2.34. The second-order valence-electron chi connectivity index (χ2n) is 6.20. The van der Waals surface area contributed by atoms with Crippen LogP contribution < -0.4 is 0 Å². The van der Waals surface area contributed by atoms with Gasteiger partial charge in [0.1, 0.15) is 0 Å². The lowest BCUT2D eigenvalue weighted by molar-refractivity contribution is 0.0711. The van der Waals surface area contributed by atoms with Crippen molar-refractivity contribution in [3.05, 3.63) is 107 Å². The monoisotopic (exact) mass is 360 g/mol. The molecule has 1 aliphatic heterocycles. The van der Waals surface area contributed by atoms with Gasteiger partial charge in [0.25, 0.3) is 5.91 Å². The predicted octanol–water partition coefficient (Wildman–Crippen LogP) is 5.33. The summed E-state index contributed by atoms with van der Waals surface area (Å²) in [6.45, 7) is 0. The number of hydrogen-bond donors (Lipinski definition) is 0. The Bertz CT molecular complexity index is 937. The first-order chi connectivity index (χ1) is 12.7. The second-order valence-corrected chi connectivity index (χ2v) is 6.64. The van der Waals surface area contributed by atoms with Crippen LogP contribution in [0.25, 0.3) is 0 Å². The molecule has 0 spiro atoms. The van der Waals surface area contributed by atoms with Gasteiger partial charge in [0.15, 0.2) is 0 Å².